The predicted molar refractivity (Wildman–Crippen MR) is 148 cm³/mol. The lowest BCUT2D eigenvalue weighted by atomic mass is 9.73. The minimum atomic E-state index is -3.12. The van der Waals surface area contributed by atoms with Crippen LogP contribution in [0.4, 0.5) is 13.6 Å². The molecule has 0 aliphatic heterocycles. The van der Waals surface area contributed by atoms with Gasteiger partial charge < -0.3 is 24.8 Å². The Labute approximate surface area is 234 Å². The Morgan fingerprint density at radius 2 is 1.65 bits per heavy atom. The Balaban J connectivity index is 1.59. The lowest BCUT2D eigenvalue weighted by Gasteiger charge is -2.45. The number of nitrogens with one attached hydrogen (secondary N) is 1. The van der Waals surface area contributed by atoms with E-state index in [2.05, 4.69) is 5.32 Å². The molecule has 2 saturated carbocycles. The molecule has 0 radical (unpaired) electrons. The number of nitrogens with zero attached hydrogens (tertiary/aromatic N) is 1. The van der Waals surface area contributed by atoms with Gasteiger partial charge in [-0.05, 0) is 82.1 Å². The molecule has 2 N–H and O–H groups in total. The minimum absolute atomic E-state index is 0.324. The first-order chi connectivity index (χ1) is 19.1. The van der Waals surface area contributed by atoms with Crippen molar-refractivity contribution in [2.45, 2.75) is 89.1 Å². The van der Waals surface area contributed by atoms with Crippen LogP contribution in [0.2, 0.25) is 0 Å². The summed E-state index contributed by atoms with van der Waals surface area (Å²) in [5, 5.41) is 12.2. The van der Waals surface area contributed by atoms with Crippen molar-refractivity contribution >= 4 is 12.0 Å². The molecule has 0 unspecified atom stereocenters. The molecule has 218 valence electrons. The normalized spacial score (nSPS) is 17.8. The van der Waals surface area contributed by atoms with Crippen LogP contribution in [-0.4, -0.2) is 53.2 Å². The van der Waals surface area contributed by atoms with Gasteiger partial charge in [-0.15, -0.1) is 0 Å². The van der Waals surface area contributed by atoms with Gasteiger partial charge in [-0.1, -0.05) is 30.3 Å². The summed E-state index contributed by atoms with van der Waals surface area (Å²) in [6.07, 6.45) is 2.57. The second-order valence-electron chi connectivity index (χ2n) is 10.9. The van der Waals surface area contributed by atoms with Gasteiger partial charge in [0.15, 0.2) is 5.54 Å². The van der Waals surface area contributed by atoms with Crippen molar-refractivity contribution in [1.82, 2.24) is 10.2 Å². The Kier molecular flexibility index (Phi) is 9.21. The number of halogens is 2. The lowest BCUT2D eigenvalue weighted by molar-refractivity contribution is -0.175. The number of amides is 2. The molecule has 0 saturated heterocycles. The topological polar surface area (TPSA) is 88.1 Å². The summed E-state index contributed by atoms with van der Waals surface area (Å²) in [7, 11) is 0. The van der Waals surface area contributed by atoms with Crippen LogP contribution >= 0.6 is 0 Å². The van der Waals surface area contributed by atoms with Gasteiger partial charge in [-0.2, -0.15) is 0 Å². The zero-order chi connectivity index (χ0) is 28.9. The summed E-state index contributed by atoms with van der Waals surface area (Å²) in [6, 6.07) is 12.7. The molecule has 0 heterocycles. The van der Waals surface area contributed by atoms with E-state index in [1.54, 1.807) is 4.90 Å². The molecule has 2 aliphatic carbocycles. The van der Waals surface area contributed by atoms with Crippen molar-refractivity contribution in [2.24, 2.45) is 0 Å². The zero-order valence-corrected chi connectivity index (χ0v) is 23.6. The fourth-order valence-corrected chi connectivity index (χ4v) is 5.49. The van der Waals surface area contributed by atoms with Crippen LogP contribution in [0.15, 0.2) is 42.5 Å². The maximum atomic E-state index is 13.8. The summed E-state index contributed by atoms with van der Waals surface area (Å²) in [5.41, 5.74) is 1.02. The molecular weight excluding hydrogens is 518 g/mol. The third-order valence-electron chi connectivity index (χ3n) is 7.76. The third kappa shape index (κ3) is 6.85. The van der Waals surface area contributed by atoms with Gasteiger partial charge in [-0.25, -0.2) is 18.4 Å². The van der Waals surface area contributed by atoms with Crippen molar-refractivity contribution in [2.75, 3.05) is 19.8 Å². The molecule has 2 aliphatic rings. The van der Waals surface area contributed by atoms with Crippen LogP contribution in [0.5, 0.6) is 11.5 Å². The summed E-state index contributed by atoms with van der Waals surface area (Å²) >= 11 is 0. The van der Waals surface area contributed by atoms with Gasteiger partial charge in [0.05, 0.1) is 19.3 Å². The number of aliphatic carboxylic acids is 1. The van der Waals surface area contributed by atoms with Gasteiger partial charge in [-0.3, -0.25) is 0 Å². The van der Waals surface area contributed by atoms with Crippen molar-refractivity contribution in [3.63, 3.8) is 0 Å². The second-order valence-corrected chi connectivity index (χ2v) is 10.9. The number of unbranched alkanes of at least 4 members (excludes halogenated alkanes) is 1. The average molecular weight is 559 g/mol. The molecule has 0 bridgehead atoms. The number of carbonyl (C=O) groups is 2. The number of carbonyl (C=O) groups excluding carboxylic acids is 1. The van der Waals surface area contributed by atoms with E-state index < -0.39 is 42.3 Å². The number of benzene rings is 2. The number of carboxylic acid groups (broad SMARTS) is 1. The Morgan fingerprint density at radius 3 is 2.15 bits per heavy atom. The van der Waals surface area contributed by atoms with Crippen LogP contribution in [0, 0.1) is 0 Å². The maximum Gasteiger partial charge on any atom is 0.329 e. The highest BCUT2D eigenvalue weighted by Gasteiger charge is 2.62. The van der Waals surface area contributed by atoms with Crippen molar-refractivity contribution < 1.29 is 33.0 Å². The van der Waals surface area contributed by atoms with Crippen molar-refractivity contribution in [3.8, 4) is 11.5 Å². The quantitative estimate of drug-likeness (QED) is 0.252. The summed E-state index contributed by atoms with van der Waals surface area (Å²) < 4.78 is 39.5. The van der Waals surface area contributed by atoms with E-state index in [1.807, 2.05) is 63.2 Å². The molecule has 1 atom stereocenters. The Morgan fingerprint density at radius 1 is 1.05 bits per heavy atom. The first kappa shape index (κ1) is 29.6. The summed E-state index contributed by atoms with van der Waals surface area (Å²) in [5.74, 6) is -2.74. The van der Waals surface area contributed by atoms with Gasteiger partial charge >= 0.3 is 12.0 Å². The standard InChI is InChI=1S/C31H40F2N2O5/c1-4-39-25-17-24(18-26(40-5-2)27(25)23-14-15-23)21(3)35(16-10-9-13-22-11-7-6-8-12-22)29(38)34-30(28(36)37)19-31(32,33)20-30/h6-8,11-12,17-18,21,23H,4-5,9-10,13-16,19-20H2,1-3H3,(H,34,38)(H,36,37)/t21-/m1/s1. The molecule has 7 nitrogen and oxygen atoms in total. The number of hydrogen-bond acceptors (Lipinski definition) is 4. The van der Waals surface area contributed by atoms with Gasteiger partial charge in [0, 0.05) is 24.9 Å². The minimum Gasteiger partial charge on any atom is -0.493 e. The number of carboxylic acids is 1. The Bertz CT molecular complexity index is 1150. The molecule has 0 spiro atoms. The van der Waals surface area contributed by atoms with Crippen LogP contribution in [0.3, 0.4) is 0 Å². The van der Waals surface area contributed by atoms with Crippen molar-refractivity contribution in [1.29, 1.82) is 0 Å². The molecule has 2 aromatic carbocycles. The average Bonchev–Trinajstić information content (AvgIpc) is 3.73. The number of alkyl halides is 2. The number of urea groups is 1. The molecule has 0 aromatic heterocycles. The maximum absolute atomic E-state index is 13.8. The fraction of sp³-hybridized carbons (Fsp3) is 0.548. The molecule has 2 amide bonds. The van der Waals surface area contributed by atoms with Crippen molar-refractivity contribution in [3.05, 3.63) is 59.2 Å². The zero-order valence-electron chi connectivity index (χ0n) is 23.6. The van der Waals surface area contributed by atoms with E-state index in [4.69, 9.17) is 9.47 Å². The highest BCUT2D eigenvalue weighted by molar-refractivity contribution is 5.88. The molecule has 4 rings (SSSR count). The van der Waals surface area contributed by atoms with E-state index in [9.17, 15) is 23.5 Å². The summed E-state index contributed by atoms with van der Waals surface area (Å²) in [6.45, 7) is 6.96. The smallest absolute Gasteiger partial charge is 0.329 e. The monoisotopic (exact) mass is 558 g/mol. The van der Waals surface area contributed by atoms with Gasteiger partial charge in [0.25, 0.3) is 5.92 Å². The second kappa shape index (κ2) is 12.4. The first-order valence-corrected chi connectivity index (χ1v) is 14.3. The molecule has 9 heteroatoms. The Hall–Kier alpha value is -3.36. The lowest BCUT2D eigenvalue weighted by Crippen LogP contribution is -2.68. The predicted octanol–water partition coefficient (Wildman–Crippen LogP) is 6.71. The first-order valence-electron chi connectivity index (χ1n) is 14.3. The van der Waals surface area contributed by atoms with Crippen LogP contribution in [0.1, 0.15) is 87.9 Å². The summed E-state index contributed by atoms with van der Waals surface area (Å²) in [4.78, 5) is 27.1. The number of rotatable bonds is 14. The number of ether oxygens (including phenoxy) is 2. The van der Waals surface area contributed by atoms with E-state index in [-0.39, 0.29) is 0 Å². The fourth-order valence-electron chi connectivity index (χ4n) is 5.49. The molecular formula is C31H40F2N2O5. The molecule has 40 heavy (non-hydrogen) atoms. The van der Waals surface area contributed by atoms with E-state index in [0.29, 0.717) is 32.1 Å². The number of aryl methyl sites for hydroxylation is 1. The van der Waals surface area contributed by atoms with E-state index in [0.717, 1.165) is 48.3 Å². The van der Waals surface area contributed by atoms with Crippen LogP contribution in [-0.2, 0) is 11.2 Å². The van der Waals surface area contributed by atoms with Gasteiger partial charge in [0.1, 0.15) is 11.5 Å². The van der Waals surface area contributed by atoms with Gasteiger partial charge in [0.2, 0.25) is 0 Å². The molecule has 2 fully saturated rings. The number of hydrogen-bond donors (Lipinski definition) is 2. The molecule has 2 aromatic rings. The van der Waals surface area contributed by atoms with E-state index >= 15 is 0 Å². The largest absolute Gasteiger partial charge is 0.493 e. The SMILES string of the molecule is CCOc1cc([C@@H](C)N(CCCCc2ccccc2)C(=O)NC2(C(=O)O)CC(F)(F)C2)cc(OCC)c1C1CC1. The van der Waals surface area contributed by atoms with Crippen LogP contribution < -0.4 is 14.8 Å². The van der Waals surface area contributed by atoms with Crippen LogP contribution in [0.25, 0.3) is 0 Å². The highest BCUT2D eigenvalue weighted by Crippen LogP contribution is 2.50. The van der Waals surface area contributed by atoms with E-state index in [1.165, 1.54) is 5.56 Å². The third-order valence-corrected chi connectivity index (χ3v) is 7.76. The highest BCUT2D eigenvalue weighted by atomic mass is 19.3.